The van der Waals surface area contributed by atoms with Gasteiger partial charge < -0.3 is 10.6 Å². The SMILES string of the molecule is CN1C(=O)[C@H](N)N=C(c2ccccc2F)c2ccccc21. The number of para-hydroxylation sites is 1. The van der Waals surface area contributed by atoms with Gasteiger partial charge in [-0.05, 0) is 18.2 Å². The number of halogens is 1. The summed E-state index contributed by atoms with van der Waals surface area (Å²) in [5.74, 6) is -0.718. The van der Waals surface area contributed by atoms with Crippen molar-refractivity contribution in [3.63, 3.8) is 0 Å². The molecule has 0 bridgehead atoms. The third kappa shape index (κ3) is 2.21. The molecule has 5 heteroatoms. The van der Waals surface area contributed by atoms with Crippen molar-refractivity contribution in [2.24, 2.45) is 10.7 Å². The molecule has 1 atom stereocenters. The van der Waals surface area contributed by atoms with Crippen LogP contribution in [0.15, 0.2) is 53.5 Å². The van der Waals surface area contributed by atoms with Crippen LogP contribution in [0.1, 0.15) is 11.1 Å². The minimum Gasteiger partial charge on any atom is -0.312 e. The molecule has 1 aliphatic heterocycles. The number of nitrogens with zero attached hydrogens (tertiary/aromatic N) is 2. The van der Waals surface area contributed by atoms with Crippen LogP contribution in [0.5, 0.6) is 0 Å². The summed E-state index contributed by atoms with van der Waals surface area (Å²) in [4.78, 5) is 17.9. The van der Waals surface area contributed by atoms with Gasteiger partial charge in [-0.1, -0.05) is 30.3 Å². The first-order valence-corrected chi connectivity index (χ1v) is 6.55. The molecule has 2 aromatic carbocycles. The molecule has 1 heterocycles. The summed E-state index contributed by atoms with van der Waals surface area (Å²) in [5, 5.41) is 0. The van der Waals surface area contributed by atoms with E-state index in [4.69, 9.17) is 5.73 Å². The topological polar surface area (TPSA) is 58.7 Å². The molecular weight excluding hydrogens is 269 g/mol. The molecule has 0 saturated heterocycles. The number of nitrogens with two attached hydrogens (primary N) is 1. The molecule has 0 aliphatic carbocycles. The predicted octanol–water partition coefficient (Wildman–Crippen LogP) is 1.92. The summed E-state index contributed by atoms with van der Waals surface area (Å²) < 4.78 is 14.1. The maximum absolute atomic E-state index is 14.1. The fourth-order valence-electron chi connectivity index (χ4n) is 2.42. The van der Waals surface area contributed by atoms with E-state index in [1.54, 1.807) is 31.3 Å². The second-order valence-electron chi connectivity index (χ2n) is 4.82. The highest BCUT2D eigenvalue weighted by Crippen LogP contribution is 2.27. The van der Waals surface area contributed by atoms with Crippen LogP contribution in [0.2, 0.25) is 0 Å². The number of aliphatic imine (C=N–C) groups is 1. The molecule has 2 N–H and O–H groups in total. The number of benzodiazepines with no additional fused rings is 1. The van der Waals surface area contributed by atoms with E-state index in [-0.39, 0.29) is 5.91 Å². The molecule has 0 radical (unpaired) electrons. The van der Waals surface area contributed by atoms with Crippen molar-refractivity contribution in [2.75, 3.05) is 11.9 Å². The number of fused-ring (bicyclic) bond motifs is 1. The highest BCUT2D eigenvalue weighted by Gasteiger charge is 2.28. The molecule has 4 nitrogen and oxygen atoms in total. The van der Waals surface area contributed by atoms with Gasteiger partial charge in [0.15, 0.2) is 6.17 Å². The third-order valence-electron chi connectivity index (χ3n) is 3.50. The maximum atomic E-state index is 14.1. The summed E-state index contributed by atoms with van der Waals surface area (Å²) in [6.45, 7) is 0. The molecule has 0 unspecified atom stereocenters. The van der Waals surface area contributed by atoms with Crippen molar-refractivity contribution < 1.29 is 9.18 Å². The molecule has 0 fully saturated rings. The second-order valence-corrected chi connectivity index (χ2v) is 4.82. The minimum absolute atomic E-state index is 0.325. The van der Waals surface area contributed by atoms with E-state index in [0.717, 1.165) is 0 Å². The van der Waals surface area contributed by atoms with E-state index in [1.807, 2.05) is 18.2 Å². The molecule has 0 aromatic heterocycles. The first kappa shape index (κ1) is 13.5. The smallest absolute Gasteiger partial charge is 0.266 e. The van der Waals surface area contributed by atoms with Gasteiger partial charge in [-0.2, -0.15) is 0 Å². The Kier molecular flexibility index (Phi) is 3.27. The number of hydrogen-bond donors (Lipinski definition) is 1. The summed E-state index contributed by atoms with van der Waals surface area (Å²) in [6, 6.07) is 13.6. The Morgan fingerprint density at radius 2 is 1.71 bits per heavy atom. The third-order valence-corrected chi connectivity index (χ3v) is 3.50. The number of hydrogen-bond acceptors (Lipinski definition) is 3. The lowest BCUT2D eigenvalue weighted by Gasteiger charge is -2.18. The van der Waals surface area contributed by atoms with E-state index in [0.29, 0.717) is 22.5 Å². The lowest BCUT2D eigenvalue weighted by Crippen LogP contribution is -2.39. The highest BCUT2D eigenvalue weighted by molar-refractivity contribution is 6.20. The van der Waals surface area contributed by atoms with Crippen LogP contribution in [0.4, 0.5) is 10.1 Å². The van der Waals surface area contributed by atoms with E-state index < -0.39 is 12.0 Å². The zero-order valence-electron chi connectivity index (χ0n) is 11.5. The normalized spacial score (nSPS) is 18.0. The van der Waals surface area contributed by atoms with Gasteiger partial charge in [-0.15, -0.1) is 0 Å². The van der Waals surface area contributed by atoms with Crippen LogP contribution in [-0.2, 0) is 4.79 Å². The number of amides is 1. The predicted molar refractivity (Wildman–Crippen MR) is 79.9 cm³/mol. The lowest BCUT2D eigenvalue weighted by atomic mass is 10.00. The van der Waals surface area contributed by atoms with E-state index in [1.165, 1.54) is 11.0 Å². The number of carbonyl (C=O) groups is 1. The lowest BCUT2D eigenvalue weighted by molar-refractivity contribution is -0.119. The quantitative estimate of drug-likeness (QED) is 0.869. The van der Waals surface area contributed by atoms with Gasteiger partial charge in [0, 0.05) is 18.2 Å². The van der Waals surface area contributed by atoms with Crippen LogP contribution in [0, 0.1) is 5.82 Å². The zero-order valence-corrected chi connectivity index (χ0v) is 11.5. The number of likely N-dealkylation sites (N-methyl/N-ethyl adjacent to an activating group) is 1. The fourth-order valence-corrected chi connectivity index (χ4v) is 2.42. The summed E-state index contributed by atoms with van der Waals surface area (Å²) >= 11 is 0. The van der Waals surface area contributed by atoms with Crippen molar-refractivity contribution in [1.29, 1.82) is 0 Å². The molecule has 1 aliphatic rings. The van der Waals surface area contributed by atoms with Crippen LogP contribution in [0.3, 0.4) is 0 Å². The Morgan fingerprint density at radius 1 is 1.10 bits per heavy atom. The Morgan fingerprint density at radius 3 is 2.43 bits per heavy atom. The Labute approximate surface area is 121 Å². The summed E-state index contributed by atoms with van der Waals surface area (Å²) in [6.07, 6.45) is -1.04. The minimum atomic E-state index is -1.04. The first-order chi connectivity index (χ1) is 10.1. The highest BCUT2D eigenvalue weighted by atomic mass is 19.1. The van der Waals surface area contributed by atoms with Crippen LogP contribution < -0.4 is 10.6 Å². The molecular formula is C16H14FN3O. The number of benzene rings is 2. The van der Waals surface area contributed by atoms with Gasteiger partial charge in [0.05, 0.1) is 11.4 Å². The van der Waals surface area contributed by atoms with Crippen molar-refractivity contribution in [1.82, 2.24) is 0 Å². The molecule has 2 aromatic rings. The fraction of sp³-hybridized carbons (Fsp3) is 0.125. The number of anilines is 1. The monoisotopic (exact) mass is 283 g/mol. The average molecular weight is 283 g/mol. The molecule has 0 saturated carbocycles. The molecule has 21 heavy (non-hydrogen) atoms. The molecule has 106 valence electrons. The number of rotatable bonds is 1. The first-order valence-electron chi connectivity index (χ1n) is 6.55. The molecule has 0 spiro atoms. The van der Waals surface area contributed by atoms with Gasteiger partial charge in [-0.25, -0.2) is 4.39 Å². The Bertz CT molecular complexity index is 742. The van der Waals surface area contributed by atoms with Crippen LogP contribution >= 0.6 is 0 Å². The summed E-state index contributed by atoms with van der Waals surface area (Å²) in [5.41, 5.74) is 7.91. The van der Waals surface area contributed by atoms with Crippen molar-refractivity contribution in [2.45, 2.75) is 6.17 Å². The zero-order chi connectivity index (χ0) is 15.0. The number of carbonyl (C=O) groups excluding carboxylic acids is 1. The Balaban J connectivity index is 2.28. The van der Waals surface area contributed by atoms with Gasteiger partial charge >= 0.3 is 0 Å². The standard InChI is InChI=1S/C16H14FN3O/c1-20-13-9-5-3-7-11(13)14(19-15(18)16(20)21)10-6-2-4-8-12(10)17/h2-9,15H,18H2,1H3/t15-/m1/s1. The molecule has 3 rings (SSSR count). The van der Waals surface area contributed by atoms with Gasteiger partial charge in [0.2, 0.25) is 0 Å². The van der Waals surface area contributed by atoms with E-state index in [2.05, 4.69) is 4.99 Å². The van der Waals surface area contributed by atoms with Crippen molar-refractivity contribution >= 4 is 17.3 Å². The second kappa shape index (κ2) is 5.10. The van der Waals surface area contributed by atoms with E-state index in [9.17, 15) is 9.18 Å². The van der Waals surface area contributed by atoms with Crippen molar-refractivity contribution in [3.05, 3.63) is 65.5 Å². The van der Waals surface area contributed by atoms with Gasteiger partial charge in [0.25, 0.3) is 5.91 Å². The van der Waals surface area contributed by atoms with Crippen molar-refractivity contribution in [3.8, 4) is 0 Å². The van der Waals surface area contributed by atoms with Gasteiger partial charge in [0.1, 0.15) is 5.82 Å². The Hall–Kier alpha value is -2.53. The van der Waals surface area contributed by atoms with Crippen LogP contribution in [0.25, 0.3) is 0 Å². The van der Waals surface area contributed by atoms with E-state index >= 15 is 0 Å². The average Bonchev–Trinajstić information content (AvgIpc) is 2.59. The summed E-state index contributed by atoms with van der Waals surface area (Å²) in [7, 11) is 1.64. The van der Waals surface area contributed by atoms with Crippen LogP contribution in [-0.4, -0.2) is 24.8 Å². The maximum Gasteiger partial charge on any atom is 0.266 e. The largest absolute Gasteiger partial charge is 0.312 e. The molecule has 1 amide bonds. The van der Waals surface area contributed by atoms with Gasteiger partial charge in [-0.3, -0.25) is 9.79 Å².